The Kier molecular flexibility index (Phi) is 3.66. The van der Waals surface area contributed by atoms with Crippen molar-refractivity contribution in [3.8, 4) is 0 Å². The molecule has 1 aromatic heterocycles. The average molecular weight is 274 g/mol. The van der Waals surface area contributed by atoms with E-state index in [4.69, 9.17) is 9.15 Å². The molecule has 4 nitrogen and oxygen atoms in total. The van der Waals surface area contributed by atoms with Gasteiger partial charge in [-0.05, 0) is 13.0 Å². The molecule has 0 aliphatic heterocycles. The van der Waals surface area contributed by atoms with Crippen LogP contribution in [0.25, 0.3) is 11.0 Å². The van der Waals surface area contributed by atoms with Crippen LogP contribution in [0.15, 0.2) is 28.7 Å². The second-order valence-corrected chi connectivity index (χ2v) is 5.60. The maximum Gasteiger partial charge on any atom is 0.375 e. The molecule has 0 bridgehead atoms. The van der Waals surface area contributed by atoms with Crippen molar-refractivity contribution in [2.75, 3.05) is 6.61 Å². The molecule has 0 aliphatic rings. The first kappa shape index (κ1) is 14.3. The molecule has 0 saturated carbocycles. The topological polar surface area (TPSA) is 56.5 Å². The van der Waals surface area contributed by atoms with Gasteiger partial charge in [0, 0.05) is 10.8 Å². The summed E-state index contributed by atoms with van der Waals surface area (Å²) in [5.41, 5.74) is 0.225. The molecule has 0 radical (unpaired) electrons. The SMILES string of the molecule is CCOC(=O)c1oc2ccccc2c1C(=O)C(C)(C)C. The van der Waals surface area contributed by atoms with E-state index in [1.807, 2.05) is 26.8 Å². The third-order valence-corrected chi connectivity index (χ3v) is 2.96. The first-order valence-electron chi connectivity index (χ1n) is 6.59. The Morgan fingerprint density at radius 2 is 1.85 bits per heavy atom. The number of para-hydroxylation sites is 1. The van der Waals surface area contributed by atoms with Gasteiger partial charge in [-0.2, -0.15) is 0 Å². The zero-order valence-corrected chi connectivity index (χ0v) is 12.1. The maximum absolute atomic E-state index is 12.6. The van der Waals surface area contributed by atoms with Gasteiger partial charge in [0.15, 0.2) is 5.78 Å². The number of carbonyl (C=O) groups excluding carboxylic acids is 2. The normalized spacial score (nSPS) is 11.6. The summed E-state index contributed by atoms with van der Waals surface area (Å²) >= 11 is 0. The van der Waals surface area contributed by atoms with Gasteiger partial charge in [0.05, 0.1) is 12.2 Å². The molecular weight excluding hydrogens is 256 g/mol. The van der Waals surface area contributed by atoms with E-state index >= 15 is 0 Å². The van der Waals surface area contributed by atoms with Crippen LogP contribution in [0.1, 0.15) is 48.6 Å². The molecule has 0 saturated heterocycles. The zero-order valence-electron chi connectivity index (χ0n) is 12.1. The number of furan rings is 1. The Hall–Kier alpha value is -2.10. The lowest BCUT2D eigenvalue weighted by molar-refractivity contribution is 0.0487. The number of Topliss-reactive ketones (excluding diaryl/α,β-unsaturated/α-hetero) is 1. The summed E-state index contributed by atoms with van der Waals surface area (Å²) in [5, 5.41) is 0.649. The highest BCUT2D eigenvalue weighted by molar-refractivity contribution is 6.15. The highest BCUT2D eigenvalue weighted by atomic mass is 16.5. The van der Waals surface area contributed by atoms with Crippen molar-refractivity contribution in [3.05, 3.63) is 35.6 Å². The molecule has 0 fully saturated rings. The molecule has 0 unspecified atom stereocenters. The van der Waals surface area contributed by atoms with Gasteiger partial charge in [0.2, 0.25) is 5.76 Å². The largest absolute Gasteiger partial charge is 0.460 e. The van der Waals surface area contributed by atoms with Crippen molar-refractivity contribution in [2.45, 2.75) is 27.7 Å². The first-order chi connectivity index (χ1) is 9.36. The minimum Gasteiger partial charge on any atom is -0.460 e. The Morgan fingerprint density at radius 3 is 2.45 bits per heavy atom. The van der Waals surface area contributed by atoms with Gasteiger partial charge in [-0.1, -0.05) is 39.0 Å². The lowest BCUT2D eigenvalue weighted by atomic mass is 9.85. The zero-order chi connectivity index (χ0) is 14.9. The van der Waals surface area contributed by atoms with E-state index in [2.05, 4.69) is 0 Å². The third kappa shape index (κ3) is 2.46. The lowest BCUT2D eigenvalue weighted by Crippen LogP contribution is -2.22. The standard InChI is InChI=1S/C16H18O4/c1-5-19-15(18)13-12(14(17)16(2,3)4)10-8-6-7-9-11(10)20-13/h6-9H,5H2,1-4H3. The molecule has 0 spiro atoms. The van der Waals surface area contributed by atoms with Crippen molar-refractivity contribution < 1.29 is 18.7 Å². The first-order valence-corrected chi connectivity index (χ1v) is 6.59. The smallest absolute Gasteiger partial charge is 0.375 e. The van der Waals surface area contributed by atoms with Gasteiger partial charge in [-0.25, -0.2) is 4.79 Å². The monoisotopic (exact) mass is 274 g/mol. The van der Waals surface area contributed by atoms with Crippen LogP contribution in [0, 0.1) is 5.41 Å². The number of ketones is 1. The van der Waals surface area contributed by atoms with Crippen molar-refractivity contribution in [1.29, 1.82) is 0 Å². The van der Waals surface area contributed by atoms with Crippen molar-refractivity contribution >= 4 is 22.7 Å². The Morgan fingerprint density at radius 1 is 1.20 bits per heavy atom. The van der Waals surface area contributed by atoms with E-state index in [9.17, 15) is 9.59 Å². The van der Waals surface area contributed by atoms with E-state index in [-0.39, 0.29) is 18.2 Å². The second-order valence-electron chi connectivity index (χ2n) is 5.60. The predicted octanol–water partition coefficient (Wildman–Crippen LogP) is 3.84. The fraction of sp³-hybridized carbons (Fsp3) is 0.375. The fourth-order valence-electron chi connectivity index (χ4n) is 1.99. The predicted molar refractivity (Wildman–Crippen MR) is 76.0 cm³/mol. The highest BCUT2D eigenvalue weighted by Gasteiger charge is 2.32. The summed E-state index contributed by atoms with van der Waals surface area (Å²) in [7, 11) is 0. The van der Waals surface area contributed by atoms with Crippen molar-refractivity contribution in [1.82, 2.24) is 0 Å². The number of hydrogen-bond acceptors (Lipinski definition) is 4. The average Bonchev–Trinajstić information content (AvgIpc) is 2.76. The summed E-state index contributed by atoms with van der Waals surface area (Å²) in [6.07, 6.45) is 0. The molecule has 1 heterocycles. The van der Waals surface area contributed by atoms with Crippen molar-refractivity contribution in [3.63, 3.8) is 0 Å². The number of benzene rings is 1. The molecule has 0 atom stereocenters. The highest BCUT2D eigenvalue weighted by Crippen LogP contribution is 2.32. The minimum absolute atomic E-state index is 0.00650. The number of carbonyl (C=O) groups is 2. The number of hydrogen-bond donors (Lipinski definition) is 0. The summed E-state index contributed by atoms with van der Waals surface area (Å²) in [4.78, 5) is 24.6. The van der Waals surface area contributed by atoms with Crippen LogP contribution in [0.3, 0.4) is 0 Å². The van der Waals surface area contributed by atoms with Gasteiger partial charge in [-0.3, -0.25) is 4.79 Å². The third-order valence-electron chi connectivity index (χ3n) is 2.96. The molecule has 1 aromatic carbocycles. The van der Waals surface area contributed by atoms with Crippen molar-refractivity contribution in [2.24, 2.45) is 5.41 Å². The molecular formula is C16H18O4. The maximum atomic E-state index is 12.6. The molecule has 0 aliphatic carbocycles. The second kappa shape index (κ2) is 5.12. The molecule has 2 aromatic rings. The minimum atomic E-state index is -0.603. The molecule has 0 N–H and O–H groups in total. The van der Waals surface area contributed by atoms with E-state index < -0.39 is 11.4 Å². The van der Waals surface area contributed by atoms with Gasteiger partial charge in [-0.15, -0.1) is 0 Å². The fourth-order valence-corrected chi connectivity index (χ4v) is 1.99. The summed E-state index contributed by atoms with van der Waals surface area (Å²) < 4.78 is 10.5. The van der Waals surface area contributed by atoms with Gasteiger partial charge >= 0.3 is 5.97 Å². The number of esters is 1. The number of rotatable bonds is 3. The Bertz CT molecular complexity index is 659. The number of fused-ring (bicyclic) bond motifs is 1. The van der Waals surface area contributed by atoms with Crippen LogP contribution < -0.4 is 0 Å². The molecule has 4 heteroatoms. The molecule has 2 rings (SSSR count). The van der Waals surface area contributed by atoms with Crippen LogP contribution in [-0.2, 0) is 4.74 Å². The molecule has 20 heavy (non-hydrogen) atoms. The number of ether oxygens (including phenoxy) is 1. The van der Waals surface area contributed by atoms with E-state index in [1.165, 1.54) is 0 Å². The van der Waals surface area contributed by atoms with Gasteiger partial charge in [0.1, 0.15) is 5.58 Å². The van der Waals surface area contributed by atoms with Crippen LogP contribution in [0.5, 0.6) is 0 Å². The van der Waals surface area contributed by atoms with Gasteiger partial charge in [0.25, 0.3) is 0 Å². The molecule has 106 valence electrons. The Balaban J connectivity index is 2.68. The summed E-state index contributed by atoms with van der Waals surface area (Å²) in [5.74, 6) is -0.741. The summed E-state index contributed by atoms with van der Waals surface area (Å²) in [6.45, 7) is 7.38. The van der Waals surface area contributed by atoms with Crippen LogP contribution in [0.2, 0.25) is 0 Å². The van der Waals surface area contributed by atoms with E-state index in [0.29, 0.717) is 16.5 Å². The van der Waals surface area contributed by atoms with E-state index in [0.717, 1.165) is 0 Å². The quantitative estimate of drug-likeness (QED) is 0.630. The summed E-state index contributed by atoms with van der Waals surface area (Å²) in [6, 6.07) is 7.12. The van der Waals surface area contributed by atoms with Gasteiger partial charge < -0.3 is 9.15 Å². The van der Waals surface area contributed by atoms with Crippen LogP contribution >= 0.6 is 0 Å². The van der Waals surface area contributed by atoms with E-state index in [1.54, 1.807) is 25.1 Å². The van der Waals surface area contributed by atoms with Crippen LogP contribution in [-0.4, -0.2) is 18.4 Å². The van der Waals surface area contributed by atoms with Crippen LogP contribution in [0.4, 0.5) is 0 Å². The lowest BCUT2D eigenvalue weighted by Gasteiger charge is -2.16. The molecule has 0 amide bonds. The Labute approximate surface area is 117 Å².